The topological polar surface area (TPSA) is 54.7 Å². The van der Waals surface area contributed by atoms with Crippen LogP contribution in [-0.2, 0) is 0 Å². The van der Waals surface area contributed by atoms with Gasteiger partial charge >= 0.3 is 0 Å². The molecular weight excluding hydrogens is 234 g/mol. The van der Waals surface area contributed by atoms with Gasteiger partial charge in [0.25, 0.3) is 0 Å². The Hall–Kier alpha value is -2.13. The highest BCUT2D eigenvalue weighted by atomic mass is 14.8. The summed E-state index contributed by atoms with van der Waals surface area (Å²) in [6, 6.07) is 10.6. The second-order valence-corrected chi connectivity index (χ2v) is 4.96. The van der Waals surface area contributed by atoms with Crippen LogP contribution in [0.15, 0.2) is 42.7 Å². The number of H-pyrrole nitrogens is 1. The van der Waals surface area contributed by atoms with Crippen molar-refractivity contribution in [1.82, 2.24) is 9.97 Å². The maximum Gasteiger partial charge on any atom is 0.137 e. The molecule has 1 aromatic carbocycles. The van der Waals surface area contributed by atoms with Crippen molar-refractivity contribution in [3.63, 3.8) is 0 Å². The van der Waals surface area contributed by atoms with Crippen molar-refractivity contribution >= 4 is 11.0 Å². The van der Waals surface area contributed by atoms with Gasteiger partial charge in [0.1, 0.15) is 5.65 Å². The van der Waals surface area contributed by atoms with Gasteiger partial charge in [-0.05, 0) is 48.2 Å². The number of aromatic nitrogens is 2. The molecule has 1 atom stereocenters. The lowest BCUT2D eigenvalue weighted by atomic mass is 9.96. The van der Waals surface area contributed by atoms with Gasteiger partial charge in [0, 0.05) is 23.8 Å². The van der Waals surface area contributed by atoms with E-state index in [-0.39, 0.29) is 6.04 Å². The number of nitrogens with zero attached hydrogens (tertiary/aromatic N) is 1. The van der Waals surface area contributed by atoms with Crippen molar-refractivity contribution in [2.75, 3.05) is 0 Å². The van der Waals surface area contributed by atoms with Crippen molar-refractivity contribution in [3.8, 4) is 11.1 Å². The summed E-state index contributed by atoms with van der Waals surface area (Å²) in [6.45, 7) is 4.12. The van der Waals surface area contributed by atoms with Crippen LogP contribution in [0.3, 0.4) is 0 Å². The molecule has 0 bridgehead atoms. The summed E-state index contributed by atoms with van der Waals surface area (Å²) in [5.74, 6) is 0. The minimum absolute atomic E-state index is 0.0683. The molecular formula is C16H17N3. The number of rotatable bonds is 2. The zero-order valence-corrected chi connectivity index (χ0v) is 11.1. The Morgan fingerprint density at radius 3 is 2.79 bits per heavy atom. The minimum atomic E-state index is 0.0683. The van der Waals surface area contributed by atoms with Crippen LogP contribution in [0.2, 0.25) is 0 Å². The van der Waals surface area contributed by atoms with E-state index in [0.717, 1.165) is 11.0 Å². The van der Waals surface area contributed by atoms with Crippen LogP contribution >= 0.6 is 0 Å². The molecule has 3 N–H and O–H groups in total. The first-order chi connectivity index (χ1) is 9.16. The molecule has 0 unspecified atom stereocenters. The van der Waals surface area contributed by atoms with Crippen molar-refractivity contribution in [2.24, 2.45) is 5.73 Å². The van der Waals surface area contributed by atoms with Crippen LogP contribution in [0, 0.1) is 6.92 Å². The van der Waals surface area contributed by atoms with E-state index in [1.807, 2.05) is 19.3 Å². The van der Waals surface area contributed by atoms with E-state index in [1.54, 1.807) is 0 Å². The minimum Gasteiger partial charge on any atom is -0.346 e. The fourth-order valence-electron chi connectivity index (χ4n) is 2.57. The highest BCUT2D eigenvalue weighted by Crippen LogP contribution is 2.29. The van der Waals surface area contributed by atoms with Crippen LogP contribution in [-0.4, -0.2) is 9.97 Å². The van der Waals surface area contributed by atoms with Gasteiger partial charge in [0.2, 0.25) is 0 Å². The largest absolute Gasteiger partial charge is 0.346 e. The molecule has 3 nitrogen and oxygen atoms in total. The second kappa shape index (κ2) is 4.52. The number of hydrogen-bond donors (Lipinski definition) is 2. The first kappa shape index (κ1) is 11.9. The number of fused-ring (bicyclic) bond motifs is 1. The van der Waals surface area contributed by atoms with Gasteiger partial charge in [0.05, 0.1) is 0 Å². The first-order valence-electron chi connectivity index (χ1n) is 6.45. The average Bonchev–Trinajstić information content (AvgIpc) is 2.86. The third-order valence-corrected chi connectivity index (χ3v) is 3.53. The van der Waals surface area contributed by atoms with E-state index in [9.17, 15) is 0 Å². The molecule has 0 amide bonds. The summed E-state index contributed by atoms with van der Waals surface area (Å²) >= 11 is 0. The van der Waals surface area contributed by atoms with E-state index in [0.29, 0.717) is 0 Å². The van der Waals surface area contributed by atoms with Crippen LogP contribution < -0.4 is 5.73 Å². The van der Waals surface area contributed by atoms with Crippen LogP contribution in [0.4, 0.5) is 0 Å². The van der Waals surface area contributed by atoms with E-state index >= 15 is 0 Å². The first-order valence-corrected chi connectivity index (χ1v) is 6.45. The lowest BCUT2D eigenvalue weighted by Crippen LogP contribution is -2.06. The van der Waals surface area contributed by atoms with Gasteiger partial charge in [-0.1, -0.05) is 18.2 Å². The Labute approximate surface area is 112 Å². The molecule has 3 rings (SSSR count). The smallest absolute Gasteiger partial charge is 0.137 e. The standard InChI is InChI=1S/C16H17N3/c1-10-9-12(3-4-13(10)11(2)17)14-5-7-18-16-15(14)6-8-19-16/h3-9,11H,17H2,1-2H3,(H,18,19)/t11-/m0/s1. The Morgan fingerprint density at radius 2 is 2.05 bits per heavy atom. The molecule has 0 saturated heterocycles. The maximum atomic E-state index is 5.96. The van der Waals surface area contributed by atoms with Crippen LogP contribution in [0.25, 0.3) is 22.2 Å². The zero-order chi connectivity index (χ0) is 13.4. The molecule has 2 aromatic heterocycles. The normalized spacial score (nSPS) is 12.8. The maximum absolute atomic E-state index is 5.96. The molecule has 0 spiro atoms. The van der Waals surface area contributed by atoms with Crippen LogP contribution in [0.5, 0.6) is 0 Å². The molecule has 0 fully saturated rings. The quantitative estimate of drug-likeness (QED) is 0.731. The van der Waals surface area contributed by atoms with Gasteiger partial charge in [-0.2, -0.15) is 0 Å². The molecule has 0 aliphatic rings. The van der Waals surface area contributed by atoms with Gasteiger partial charge in [-0.3, -0.25) is 0 Å². The zero-order valence-electron chi connectivity index (χ0n) is 11.1. The van der Waals surface area contributed by atoms with Gasteiger partial charge < -0.3 is 10.7 Å². The fraction of sp³-hybridized carbons (Fsp3) is 0.188. The Bertz CT molecular complexity index is 726. The number of aromatic amines is 1. The summed E-state index contributed by atoms with van der Waals surface area (Å²) in [4.78, 5) is 7.46. The van der Waals surface area contributed by atoms with Crippen LogP contribution in [0.1, 0.15) is 24.1 Å². The summed E-state index contributed by atoms with van der Waals surface area (Å²) in [5.41, 5.74) is 11.7. The lowest BCUT2D eigenvalue weighted by Gasteiger charge is -2.12. The molecule has 0 aliphatic heterocycles. The monoisotopic (exact) mass is 251 g/mol. The molecule has 0 aliphatic carbocycles. The molecule has 0 radical (unpaired) electrons. The highest BCUT2D eigenvalue weighted by molar-refractivity contribution is 5.92. The number of hydrogen-bond acceptors (Lipinski definition) is 2. The molecule has 19 heavy (non-hydrogen) atoms. The third kappa shape index (κ3) is 2.02. The molecule has 3 aromatic rings. The number of nitrogens with two attached hydrogens (primary N) is 1. The predicted octanol–water partition coefficient (Wildman–Crippen LogP) is 3.56. The summed E-state index contributed by atoms with van der Waals surface area (Å²) in [6.07, 6.45) is 3.76. The molecule has 2 heterocycles. The van der Waals surface area contributed by atoms with E-state index in [4.69, 9.17) is 5.73 Å². The Balaban J connectivity index is 2.17. The van der Waals surface area contributed by atoms with Crippen molar-refractivity contribution in [1.29, 1.82) is 0 Å². The third-order valence-electron chi connectivity index (χ3n) is 3.53. The van der Waals surface area contributed by atoms with E-state index < -0.39 is 0 Å². The Kier molecular flexibility index (Phi) is 2.84. The highest BCUT2D eigenvalue weighted by Gasteiger charge is 2.08. The summed E-state index contributed by atoms with van der Waals surface area (Å²) in [7, 11) is 0. The van der Waals surface area contributed by atoms with Gasteiger partial charge in [-0.25, -0.2) is 4.98 Å². The molecule has 3 heteroatoms. The van der Waals surface area contributed by atoms with E-state index in [1.165, 1.54) is 22.3 Å². The van der Waals surface area contributed by atoms with Gasteiger partial charge in [0.15, 0.2) is 0 Å². The molecule has 0 saturated carbocycles. The number of pyridine rings is 1. The van der Waals surface area contributed by atoms with Crippen molar-refractivity contribution in [3.05, 3.63) is 53.9 Å². The Morgan fingerprint density at radius 1 is 1.21 bits per heavy atom. The van der Waals surface area contributed by atoms with Crippen molar-refractivity contribution < 1.29 is 0 Å². The lowest BCUT2D eigenvalue weighted by molar-refractivity contribution is 0.810. The predicted molar refractivity (Wildman–Crippen MR) is 78.9 cm³/mol. The summed E-state index contributed by atoms with van der Waals surface area (Å²) < 4.78 is 0. The SMILES string of the molecule is Cc1cc(-c2ccnc3[nH]ccc23)ccc1[C@H](C)N. The van der Waals surface area contributed by atoms with E-state index in [2.05, 4.69) is 47.2 Å². The number of aryl methyl sites for hydroxylation is 1. The fourth-order valence-corrected chi connectivity index (χ4v) is 2.57. The summed E-state index contributed by atoms with van der Waals surface area (Å²) in [5, 5.41) is 1.15. The number of benzene rings is 1. The molecule has 96 valence electrons. The number of nitrogens with one attached hydrogen (secondary N) is 1. The average molecular weight is 251 g/mol. The van der Waals surface area contributed by atoms with Crippen molar-refractivity contribution in [2.45, 2.75) is 19.9 Å². The van der Waals surface area contributed by atoms with Gasteiger partial charge in [-0.15, -0.1) is 0 Å². The second-order valence-electron chi connectivity index (χ2n) is 4.96.